The van der Waals surface area contributed by atoms with Crippen LogP contribution in [0, 0.1) is 5.82 Å². The number of piperazine rings is 1. The molecule has 0 spiro atoms. The molecule has 2 aromatic rings. The number of nitrogens with zero attached hydrogens (tertiary/aromatic N) is 2. The first-order valence-electron chi connectivity index (χ1n) is 8.44. The Bertz CT molecular complexity index is 763. The zero-order valence-electron chi connectivity index (χ0n) is 13.9. The van der Waals surface area contributed by atoms with Crippen molar-refractivity contribution in [1.82, 2.24) is 4.90 Å². The van der Waals surface area contributed by atoms with Gasteiger partial charge in [0.05, 0.1) is 12.3 Å². The predicted molar refractivity (Wildman–Crippen MR) is 95.6 cm³/mol. The van der Waals surface area contributed by atoms with E-state index >= 15 is 0 Å². The van der Waals surface area contributed by atoms with Gasteiger partial charge in [-0.25, -0.2) is 4.39 Å². The summed E-state index contributed by atoms with van der Waals surface area (Å²) in [6.45, 7) is 4.92. The molecule has 4 nitrogen and oxygen atoms in total. The Morgan fingerprint density at radius 2 is 1.88 bits per heavy atom. The third-order valence-electron chi connectivity index (χ3n) is 4.71. The zero-order valence-corrected chi connectivity index (χ0v) is 14.6. The summed E-state index contributed by atoms with van der Waals surface area (Å²) >= 11 is 6.24. The van der Waals surface area contributed by atoms with E-state index in [1.807, 2.05) is 24.3 Å². The Morgan fingerprint density at radius 3 is 2.68 bits per heavy atom. The highest BCUT2D eigenvalue weighted by molar-refractivity contribution is 6.30. The summed E-state index contributed by atoms with van der Waals surface area (Å²) < 4.78 is 25.0. The van der Waals surface area contributed by atoms with Crippen molar-refractivity contribution in [3.63, 3.8) is 0 Å². The quantitative estimate of drug-likeness (QED) is 0.831. The Kier molecular flexibility index (Phi) is 4.79. The van der Waals surface area contributed by atoms with Gasteiger partial charge < -0.3 is 14.4 Å². The third kappa shape index (κ3) is 3.59. The summed E-state index contributed by atoms with van der Waals surface area (Å²) in [5.74, 6) is 0.737. The number of anilines is 1. The van der Waals surface area contributed by atoms with E-state index in [0.717, 1.165) is 49.6 Å². The van der Waals surface area contributed by atoms with Gasteiger partial charge in [-0.3, -0.25) is 4.90 Å². The summed E-state index contributed by atoms with van der Waals surface area (Å²) in [6.07, 6.45) is 0. The van der Waals surface area contributed by atoms with Gasteiger partial charge in [0, 0.05) is 48.9 Å². The van der Waals surface area contributed by atoms with Crippen LogP contribution in [0.4, 0.5) is 10.1 Å². The molecule has 0 unspecified atom stereocenters. The fraction of sp³-hybridized carbons (Fsp3) is 0.368. The van der Waals surface area contributed by atoms with Crippen LogP contribution < -0.4 is 9.64 Å². The van der Waals surface area contributed by atoms with Crippen LogP contribution in [0.2, 0.25) is 5.02 Å². The van der Waals surface area contributed by atoms with Crippen LogP contribution in [0.15, 0.2) is 36.4 Å². The molecule has 0 N–H and O–H groups in total. The highest BCUT2D eigenvalue weighted by Gasteiger charge is 2.22. The molecule has 0 amide bonds. The van der Waals surface area contributed by atoms with E-state index in [1.165, 1.54) is 6.07 Å². The SMILES string of the molecule is Fc1ccccc1N1CCN(Cc2cc(Cl)cc3c2OCOC3)CC1. The van der Waals surface area contributed by atoms with Gasteiger partial charge in [0.2, 0.25) is 0 Å². The molecule has 0 atom stereocenters. The number of halogens is 2. The van der Waals surface area contributed by atoms with E-state index < -0.39 is 0 Å². The molecule has 0 saturated carbocycles. The first kappa shape index (κ1) is 16.6. The van der Waals surface area contributed by atoms with E-state index in [-0.39, 0.29) is 12.6 Å². The highest BCUT2D eigenvalue weighted by Crippen LogP contribution is 2.32. The van der Waals surface area contributed by atoms with E-state index in [4.69, 9.17) is 21.1 Å². The fourth-order valence-electron chi connectivity index (χ4n) is 3.47. The van der Waals surface area contributed by atoms with Gasteiger partial charge in [0.1, 0.15) is 11.6 Å². The molecule has 1 fully saturated rings. The molecular weight excluding hydrogens is 343 g/mol. The van der Waals surface area contributed by atoms with Crippen molar-refractivity contribution in [3.05, 3.63) is 58.4 Å². The Hall–Kier alpha value is -1.82. The highest BCUT2D eigenvalue weighted by atomic mass is 35.5. The standard InChI is InChI=1S/C19H20ClFN2O2/c20-16-9-14(19-15(10-16)12-24-13-25-19)11-22-5-7-23(8-6-22)18-4-2-1-3-17(18)21/h1-4,9-10H,5-8,11-13H2. The number of benzene rings is 2. The maximum atomic E-state index is 14.0. The second-order valence-electron chi connectivity index (χ2n) is 6.38. The topological polar surface area (TPSA) is 24.9 Å². The summed E-state index contributed by atoms with van der Waals surface area (Å²) in [4.78, 5) is 4.45. The van der Waals surface area contributed by atoms with Gasteiger partial charge in [-0.1, -0.05) is 23.7 Å². The molecule has 2 aliphatic heterocycles. The minimum Gasteiger partial charge on any atom is -0.467 e. The normalized spacial score (nSPS) is 17.9. The van der Waals surface area contributed by atoms with Crippen LogP contribution in [0.3, 0.4) is 0 Å². The molecule has 0 aliphatic carbocycles. The fourth-order valence-corrected chi connectivity index (χ4v) is 3.73. The van der Waals surface area contributed by atoms with Crippen LogP contribution >= 0.6 is 11.6 Å². The van der Waals surface area contributed by atoms with Crippen molar-refractivity contribution >= 4 is 17.3 Å². The minimum absolute atomic E-state index is 0.159. The van der Waals surface area contributed by atoms with Gasteiger partial charge in [0.25, 0.3) is 0 Å². The van der Waals surface area contributed by atoms with Crippen molar-refractivity contribution in [2.24, 2.45) is 0 Å². The monoisotopic (exact) mass is 362 g/mol. The summed E-state index contributed by atoms with van der Waals surface area (Å²) in [5, 5.41) is 0.702. The number of fused-ring (bicyclic) bond motifs is 1. The molecule has 2 aliphatic rings. The van der Waals surface area contributed by atoms with Crippen LogP contribution in [-0.2, 0) is 17.9 Å². The molecule has 6 heteroatoms. The number of hydrogen-bond donors (Lipinski definition) is 0. The number of hydrogen-bond acceptors (Lipinski definition) is 4. The second kappa shape index (κ2) is 7.20. The largest absolute Gasteiger partial charge is 0.467 e. The van der Waals surface area contributed by atoms with Crippen molar-refractivity contribution in [2.45, 2.75) is 13.2 Å². The van der Waals surface area contributed by atoms with E-state index in [1.54, 1.807) is 6.07 Å². The average Bonchev–Trinajstić information content (AvgIpc) is 2.63. The predicted octanol–water partition coefficient (Wildman–Crippen LogP) is 3.67. The third-order valence-corrected chi connectivity index (χ3v) is 4.93. The Balaban J connectivity index is 1.44. The first-order valence-corrected chi connectivity index (χ1v) is 8.82. The van der Waals surface area contributed by atoms with Gasteiger partial charge in [-0.05, 0) is 24.3 Å². The van der Waals surface area contributed by atoms with Crippen LogP contribution in [0.1, 0.15) is 11.1 Å². The molecule has 132 valence electrons. The van der Waals surface area contributed by atoms with E-state index in [9.17, 15) is 4.39 Å². The lowest BCUT2D eigenvalue weighted by molar-refractivity contribution is -0.0174. The Morgan fingerprint density at radius 1 is 1.08 bits per heavy atom. The van der Waals surface area contributed by atoms with Gasteiger partial charge >= 0.3 is 0 Å². The first-order chi connectivity index (χ1) is 12.2. The van der Waals surface area contributed by atoms with Crippen molar-refractivity contribution < 1.29 is 13.9 Å². The van der Waals surface area contributed by atoms with Crippen molar-refractivity contribution in [2.75, 3.05) is 37.9 Å². The van der Waals surface area contributed by atoms with E-state index in [2.05, 4.69) is 9.80 Å². The Labute approximate surface area is 151 Å². The molecule has 0 radical (unpaired) electrons. The molecule has 0 aromatic heterocycles. The molecule has 4 rings (SSSR count). The molecule has 2 aromatic carbocycles. The number of ether oxygens (including phenoxy) is 2. The van der Waals surface area contributed by atoms with Gasteiger partial charge in [-0.2, -0.15) is 0 Å². The van der Waals surface area contributed by atoms with Crippen molar-refractivity contribution in [3.8, 4) is 5.75 Å². The average molecular weight is 363 g/mol. The number of para-hydroxylation sites is 1. The van der Waals surface area contributed by atoms with Crippen molar-refractivity contribution in [1.29, 1.82) is 0 Å². The van der Waals surface area contributed by atoms with Crippen LogP contribution in [0.5, 0.6) is 5.75 Å². The summed E-state index contributed by atoms with van der Waals surface area (Å²) in [5.41, 5.74) is 2.77. The second-order valence-corrected chi connectivity index (χ2v) is 6.81. The van der Waals surface area contributed by atoms with Crippen LogP contribution in [-0.4, -0.2) is 37.9 Å². The number of rotatable bonds is 3. The molecule has 25 heavy (non-hydrogen) atoms. The van der Waals surface area contributed by atoms with E-state index in [0.29, 0.717) is 17.3 Å². The smallest absolute Gasteiger partial charge is 0.189 e. The molecule has 1 saturated heterocycles. The van der Waals surface area contributed by atoms with Crippen LogP contribution in [0.25, 0.3) is 0 Å². The van der Waals surface area contributed by atoms with Gasteiger partial charge in [-0.15, -0.1) is 0 Å². The lowest BCUT2D eigenvalue weighted by Crippen LogP contribution is -2.46. The maximum Gasteiger partial charge on any atom is 0.189 e. The lowest BCUT2D eigenvalue weighted by Gasteiger charge is -2.36. The maximum absolute atomic E-state index is 14.0. The van der Waals surface area contributed by atoms with Gasteiger partial charge in [0.15, 0.2) is 6.79 Å². The lowest BCUT2D eigenvalue weighted by atomic mass is 10.1. The molecule has 2 heterocycles. The summed E-state index contributed by atoms with van der Waals surface area (Å²) in [6, 6.07) is 10.8. The molecule has 0 bridgehead atoms. The molecular formula is C19H20ClFN2O2. The zero-order chi connectivity index (χ0) is 17.2. The summed E-state index contributed by atoms with van der Waals surface area (Å²) in [7, 11) is 0. The minimum atomic E-state index is -0.159.